The second-order valence-electron chi connectivity index (χ2n) is 5.26. The van der Waals surface area contributed by atoms with Crippen molar-refractivity contribution >= 4 is 18.5 Å². The van der Waals surface area contributed by atoms with Gasteiger partial charge in [0.25, 0.3) is 5.91 Å². The molecule has 1 fully saturated rings. The minimum Gasteiger partial charge on any atom is -0.352 e. The third-order valence-electron chi connectivity index (χ3n) is 3.83. The highest BCUT2D eigenvalue weighted by Crippen LogP contribution is 2.16. The van der Waals surface area contributed by atoms with Crippen molar-refractivity contribution in [1.29, 1.82) is 0 Å². The maximum absolute atomic E-state index is 12.2. The Morgan fingerprint density at radius 2 is 2.32 bits per heavy atom. The van der Waals surface area contributed by atoms with Crippen molar-refractivity contribution in [3.05, 3.63) is 29.3 Å². The van der Waals surface area contributed by atoms with Gasteiger partial charge in [0.1, 0.15) is 0 Å². The Bertz CT molecular complexity index is 461. The number of benzene rings is 1. The highest BCUT2D eigenvalue weighted by atomic mass is 32.1. The Hall–Kier alpha value is -1.00. The van der Waals surface area contributed by atoms with Gasteiger partial charge in [0.15, 0.2) is 0 Å². The second kappa shape index (κ2) is 6.44. The van der Waals surface area contributed by atoms with Gasteiger partial charge in [-0.25, -0.2) is 0 Å². The lowest BCUT2D eigenvalue weighted by Gasteiger charge is -2.14. The second-order valence-corrected chi connectivity index (χ2v) is 5.77. The molecule has 1 amide bonds. The topological polar surface area (TPSA) is 32.3 Å². The third kappa shape index (κ3) is 3.74. The molecule has 1 aliphatic heterocycles. The van der Waals surface area contributed by atoms with Gasteiger partial charge in [-0.3, -0.25) is 4.79 Å². The fourth-order valence-electron chi connectivity index (χ4n) is 2.55. The third-order valence-corrected chi connectivity index (χ3v) is 4.11. The van der Waals surface area contributed by atoms with E-state index in [0.717, 1.165) is 42.2 Å². The summed E-state index contributed by atoms with van der Waals surface area (Å²) in [4.78, 5) is 15.4. The number of amides is 1. The number of nitrogens with one attached hydrogen (secondary N) is 1. The lowest BCUT2D eigenvalue weighted by molar-refractivity contribution is 0.0946. The Labute approximate surface area is 120 Å². The van der Waals surface area contributed by atoms with Crippen LogP contribution in [-0.4, -0.2) is 37.0 Å². The van der Waals surface area contributed by atoms with Crippen LogP contribution in [-0.2, 0) is 0 Å². The molecule has 1 saturated heterocycles. The summed E-state index contributed by atoms with van der Waals surface area (Å²) in [6.45, 7) is 8.26. The number of carbonyl (C=O) groups is 1. The van der Waals surface area contributed by atoms with Gasteiger partial charge in [-0.05, 0) is 50.0 Å². The first-order valence-electron chi connectivity index (χ1n) is 6.90. The SMILES string of the molecule is CCN1CCC(CNC(=O)c2cc(S)ccc2C)C1. The zero-order valence-corrected chi connectivity index (χ0v) is 12.5. The molecule has 0 spiro atoms. The van der Waals surface area contributed by atoms with E-state index < -0.39 is 0 Å². The summed E-state index contributed by atoms with van der Waals surface area (Å²) in [6, 6.07) is 5.68. The van der Waals surface area contributed by atoms with Gasteiger partial charge in [0.2, 0.25) is 0 Å². The van der Waals surface area contributed by atoms with E-state index in [1.54, 1.807) is 0 Å². The molecule has 1 unspecified atom stereocenters. The Balaban J connectivity index is 1.89. The molecule has 1 aliphatic rings. The number of aryl methyl sites for hydroxylation is 1. The van der Waals surface area contributed by atoms with E-state index in [2.05, 4.69) is 29.8 Å². The molecule has 0 aliphatic carbocycles. The molecule has 1 N–H and O–H groups in total. The van der Waals surface area contributed by atoms with E-state index in [-0.39, 0.29) is 5.91 Å². The number of hydrogen-bond acceptors (Lipinski definition) is 3. The molecular formula is C15H22N2OS. The Morgan fingerprint density at radius 1 is 1.53 bits per heavy atom. The average Bonchev–Trinajstić information content (AvgIpc) is 2.87. The van der Waals surface area contributed by atoms with Gasteiger partial charge in [-0.15, -0.1) is 12.6 Å². The molecule has 0 saturated carbocycles. The molecule has 19 heavy (non-hydrogen) atoms. The van der Waals surface area contributed by atoms with Gasteiger partial charge in [0.05, 0.1) is 0 Å². The summed E-state index contributed by atoms with van der Waals surface area (Å²) in [6.07, 6.45) is 1.18. The van der Waals surface area contributed by atoms with Crippen LogP contribution in [0, 0.1) is 12.8 Å². The minimum atomic E-state index is 0.0170. The van der Waals surface area contributed by atoms with Gasteiger partial charge < -0.3 is 10.2 Å². The molecule has 0 bridgehead atoms. The molecular weight excluding hydrogens is 256 g/mol. The first-order valence-corrected chi connectivity index (χ1v) is 7.35. The number of hydrogen-bond donors (Lipinski definition) is 2. The molecule has 1 heterocycles. The van der Waals surface area contributed by atoms with E-state index in [4.69, 9.17) is 0 Å². The Kier molecular flexibility index (Phi) is 4.88. The van der Waals surface area contributed by atoms with E-state index >= 15 is 0 Å². The maximum Gasteiger partial charge on any atom is 0.251 e. The molecule has 3 nitrogen and oxygen atoms in total. The first kappa shape index (κ1) is 14.4. The molecule has 1 aromatic carbocycles. The van der Waals surface area contributed by atoms with Gasteiger partial charge in [-0.2, -0.15) is 0 Å². The van der Waals surface area contributed by atoms with Crippen molar-refractivity contribution in [2.75, 3.05) is 26.2 Å². The number of thiol groups is 1. The monoisotopic (exact) mass is 278 g/mol. The van der Waals surface area contributed by atoms with Crippen LogP contribution < -0.4 is 5.32 Å². The van der Waals surface area contributed by atoms with Crippen molar-refractivity contribution in [3.8, 4) is 0 Å². The van der Waals surface area contributed by atoms with Crippen LogP contribution in [0.4, 0.5) is 0 Å². The van der Waals surface area contributed by atoms with Gasteiger partial charge in [-0.1, -0.05) is 13.0 Å². The summed E-state index contributed by atoms with van der Waals surface area (Å²) >= 11 is 4.29. The van der Waals surface area contributed by atoms with Crippen molar-refractivity contribution < 1.29 is 4.79 Å². The van der Waals surface area contributed by atoms with Crippen molar-refractivity contribution in [3.63, 3.8) is 0 Å². The van der Waals surface area contributed by atoms with E-state index in [0.29, 0.717) is 5.92 Å². The van der Waals surface area contributed by atoms with Crippen LogP contribution in [0.5, 0.6) is 0 Å². The van der Waals surface area contributed by atoms with E-state index in [1.807, 2.05) is 25.1 Å². The van der Waals surface area contributed by atoms with Crippen molar-refractivity contribution in [2.24, 2.45) is 5.92 Å². The molecule has 0 aromatic heterocycles. The lowest BCUT2D eigenvalue weighted by Crippen LogP contribution is -2.31. The van der Waals surface area contributed by atoms with Crippen LogP contribution in [0.25, 0.3) is 0 Å². The smallest absolute Gasteiger partial charge is 0.251 e. The largest absolute Gasteiger partial charge is 0.352 e. The molecule has 4 heteroatoms. The minimum absolute atomic E-state index is 0.0170. The number of rotatable bonds is 4. The normalized spacial score (nSPS) is 19.6. The number of nitrogens with zero attached hydrogens (tertiary/aromatic N) is 1. The van der Waals surface area contributed by atoms with Gasteiger partial charge in [0, 0.05) is 23.5 Å². The highest BCUT2D eigenvalue weighted by Gasteiger charge is 2.21. The van der Waals surface area contributed by atoms with Crippen molar-refractivity contribution in [2.45, 2.75) is 25.2 Å². The van der Waals surface area contributed by atoms with Crippen LogP contribution in [0.2, 0.25) is 0 Å². The van der Waals surface area contributed by atoms with Crippen LogP contribution in [0.15, 0.2) is 23.1 Å². The average molecular weight is 278 g/mol. The van der Waals surface area contributed by atoms with Crippen molar-refractivity contribution in [1.82, 2.24) is 10.2 Å². The molecule has 1 atom stereocenters. The molecule has 0 radical (unpaired) electrons. The van der Waals surface area contributed by atoms with E-state index in [9.17, 15) is 4.79 Å². The standard InChI is InChI=1S/C15H22N2OS/c1-3-17-7-6-12(10-17)9-16-15(18)14-8-13(19)5-4-11(14)2/h4-5,8,12,19H,3,6-7,9-10H2,1-2H3,(H,16,18). The fourth-order valence-corrected chi connectivity index (χ4v) is 2.76. The number of carbonyl (C=O) groups excluding carboxylic acids is 1. The molecule has 2 rings (SSSR count). The lowest BCUT2D eigenvalue weighted by atomic mass is 10.1. The highest BCUT2D eigenvalue weighted by molar-refractivity contribution is 7.80. The van der Waals surface area contributed by atoms with Gasteiger partial charge >= 0.3 is 0 Å². The summed E-state index contributed by atoms with van der Waals surface area (Å²) in [7, 11) is 0. The quantitative estimate of drug-likeness (QED) is 0.829. The Morgan fingerprint density at radius 3 is 3.00 bits per heavy atom. The maximum atomic E-state index is 12.2. The predicted molar refractivity (Wildman–Crippen MR) is 81.0 cm³/mol. The fraction of sp³-hybridized carbons (Fsp3) is 0.533. The first-order chi connectivity index (χ1) is 9.10. The van der Waals surface area contributed by atoms with Crippen LogP contribution >= 0.6 is 12.6 Å². The molecule has 1 aromatic rings. The number of likely N-dealkylation sites (tertiary alicyclic amines) is 1. The zero-order valence-electron chi connectivity index (χ0n) is 11.6. The molecule has 104 valence electrons. The van der Waals surface area contributed by atoms with Crippen LogP contribution in [0.1, 0.15) is 29.3 Å². The summed E-state index contributed by atoms with van der Waals surface area (Å²) < 4.78 is 0. The summed E-state index contributed by atoms with van der Waals surface area (Å²) in [5, 5.41) is 3.05. The van der Waals surface area contributed by atoms with Crippen LogP contribution in [0.3, 0.4) is 0 Å². The zero-order chi connectivity index (χ0) is 13.8. The van der Waals surface area contributed by atoms with E-state index in [1.165, 1.54) is 6.42 Å². The predicted octanol–water partition coefficient (Wildman–Crippen LogP) is 2.36. The summed E-state index contributed by atoms with van der Waals surface area (Å²) in [5.74, 6) is 0.603. The summed E-state index contributed by atoms with van der Waals surface area (Å²) in [5.41, 5.74) is 1.73.